The van der Waals surface area contributed by atoms with E-state index in [-0.39, 0.29) is 54.1 Å². The van der Waals surface area contributed by atoms with Crippen molar-refractivity contribution in [1.29, 1.82) is 0 Å². The van der Waals surface area contributed by atoms with E-state index in [2.05, 4.69) is 16.0 Å². The fraction of sp³-hybridized carbons (Fsp3) is 0.600. The summed E-state index contributed by atoms with van der Waals surface area (Å²) >= 11 is 0. The third kappa shape index (κ3) is 8.82. The minimum Gasteiger partial charge on any atom is -0.646 e. The second-order valence-corrected chi connectivity index (χ2v) is 5.69. The molecule has 0 radical (unpaired) electrons. The number of nitrogens with zero attached hydrogens (tertiary/aromatic N) is 3. The number of carboxylic acids is 3. The van der Waals surface area contributed by atoms with Crippen molar-refractivity contribution >= 4 is 35.6 Å². The number of aliphatic carboxylic acids is 3. The molecule has 0 aromatic rings. The van der Waals surface area contributed by atoms with Crippen molar-refractivity contribution in [2.24, 2.45) is 0 Å². The van der Waals surface area contributed by atoms with Gasteiger partial charge in [-0.3, -0.25) is 0 Å². The van der Waals surface area contributed by atoms with Crippen molar-refractivity contribution in [3.63, 3.8) is 0 Å². The Bertz CT molecular complexity index is 555. The number of rotatable bonds is 3. The van der Waals surface area contributed by atoms with Crippen LogP contribution < -0.4 is 15.3 Å². The smallest absolute Gasteiger partial charge is 0.646 e. The van der Waals surface area contributed by atoms with Crippen LogP contribution in [0.25, 0.3) is 16.0 Å². The number of hydrogen-bond donors (Lipinski definition) is 0. The standard InChI is InChI=1S/3C5H7NO3.Fe/c3*7-4-2-1-3(6-4)5(8)9;/h3*3H,1-2H2,(H2,6,7,8,9);/q;;;+6/p-6. The summed E-state index contributed by atoms with van der Waals surface area (Å²) in [5.74, 6) is -4.74. The summed E-state index contributed by atoms with van der Waals surface area (Å²) in [7, 11) is 0. The first-order valence-electron chi connectivity index (χ1n) is 7.93. The van der Waals surface area contributed by atoms with Crippen molar-refractivity contribution in [2.75, 3.05) is 0 Å². The Labute approximate surface area is 169 Å². The quantitative estimate of drug-likeness (QED) is 0.398. The Balaban J connectivity index is 0.000000384. The topological polar surface area (TPSA) is 214 Å². The van der Waals surface area contributed by atoms with Crippen LogP contribution in [0.1, 0.15) is 38.5 Å². The molecule has 152 valence electrons. The zero-order valence-electron chi connectivity index (χ0n) is 14.3. The molecule has 0 saturated carbocycles. The fourth-order valence-corrected chi connectivity index (χ4v) is 2.20. The van der Waals surface area contributed by atoms with E-state index in [1.54, 1.807) is 0 Å². The van der Waals surface area contributed by atoms with Gasteiger partial charge in [0.2, 0.25) is 0 Å². The predicted octanol–water partition coefficient (Wildman–Crippen LogP) is -3.61. The fourth-order valence-electron chi connectivity index (χ4n) is 2.20. The van der Waals surface area contributed by atoms with E-state index in [0.717, 1.165) is 0 Å². The first-order chi connectivity index (χ1) is 12.6. The predicted molar refractivity (Wildman–Crippen MR) is 79.2 cm³/mol. The van der Waals surface area contributed by atoms with Gasteiger partial charge < -0.3 is 60.0 Å². The molecule has 3 rings (SSSR count). The maximum atomic E-state index is 10.3. The minimum atomic E-state index is -1.25. The van der Waals surface area contributed by atoms with Gasteiger partial charge in [-0.2, -0.15) is 0 Å². The van der Waals surface area contributed by atoms with Gasteiger partial charge in [0.1, 0.15) is 0 Å². The monoisotopic (exact) mass is 437 g/mol. The Morgan fingerprint density at radius 3 is 0.893 bits per heavy atom. The molecular weight excluding hydrogens is 422 g/mol. The molecule has 0 bridgehead atoms. The van der Waals surface area contributed by atoms with Gasteiger partial charge >= 0.3 is 17.1 Å². The number of carbonyl (C=O) groups is 6. The molecule has 3 aliphatic rings. The molecular formula is C15H15FeN3O9. The molecule has 3 unspecified atom stereocenters. The molecule has 3 saturated heterocycles. The van der Waals surface area contributed by atoms with Crippen LogP contribution >= 0.6 is 0 Å². The van der Waals surface area contributed by atoms with Crippen LogP contribution in [0.15, 0.2) is 0 Å². The largest absolute Gasteiger partial charge is 6.00 e. The van der Waals surface area contributed by atoms with Gasteiger partial charge in [0, 0.05) is 17.9 Å². The van der Waals surface area contributed by atoms with Gasteiger partial charge in [-0.05, 0) is 19.3 Å². The minimum absolute atomic E-state index is 0. The SMILES string of the molecule is O=C1CCC(C(=O)[O-])[N-]1.O=C1CCC(C(=O)[O-])[N-]1.O=C1CCC(C(=O)[O-])[N-]1.[Fe+6]. The summed E-state index contributed by atoms with van der Waals surface area (Å²) in [5, 5.41) is 39.8. The van der Waals surface area contributed by atoms with Crippen molar-refractivity contribution < 1.29 is 61.2 Å². The Morgan fingerprint density at radius 1 is 0.607 bits per heavy atom. The average Bonchev–Trinajstić information content (AvgIpc) is 3.30. The molecule has 28 heavy (non-hydrogen) atoms. The van der Waals surface area contributed by atoms with E-state index in [4.69, 9.17) is 0 Å². The van der Waals surface area contributed by atoms with E-state index < -0.39 is 36.0 Å². The van der Waals surface area contributed by atoms with Gasteiger partial charge in [-0.25, -0.2) is 0 Å². The van der Waals surface area contributed by atoms with Crippen LogP contribution in [-0.4, -0.2) is 53.8 Å². The third-order valence-corrected chi connectivity index (χ3v) is 3.61. The maximum Gasteiger partial charge on any atom is 6.00 e. The molecule has 13 heteroatoms. The van der Waals surface area contributed by atoms with Gasteiger partial charge in [0.25, 0.3) is 0 Å². The van der Waals surface area contributed by atoms with Gasteiger partial charge in [0.05, 0.1) is 17.7 Å². The molecule has 3 aliphatic heterocycles. The van der Waals surface area contributed by atoms with Crippen molar-refractivity contribution in [2.45, 2.75) is 56.7 Å². The van der Waals surface area contributed by atoms with E-state index in [1.165, 1.54) is 0 Å². The Morgan fingerprint density at radius 2 is 0.821 bits per heavy atom. The van der Waals surface area contributed by atoms with Gasteiger partial charge in [-0.1, -0.05) is 37.4 Å². The van der Waals surface area contributed by atoms with E-state index in [9.17, 15) is 44.1 Å². The van der Waals surface area contributed by atoms with Crippen molar-refractivity contribution in [1.82, 2.24) is 0 Å². The zero-order valence-corrected chi connectivity index (χ0v) is 15.4. The molecule has 3 amide bonds. The van der Waals surface area contributed by atoms with Crippen LogP contribution in [0.5, 0.6) is 0 Å². The van der Waals surface area contributed by atoms with E-state index >= 15 is 0 Å². The number of carbonyl (C=O) groups excluding carboxylic acids is 6. The van der Waals surface area contributed by atoms with Crippen LogP contribution in [0.3, 0.4) is 0 Å². The average molecular weight is 437 g/mol. The number of hydrogen-bond acceptors (Lipinski definition) is 9. The van der Waals surface area contributed by atoms with Crippen LogP contribution in [0, 0.1) is 0 Å². The molecule has 0 aromatic carbocycles. The summed E-state index contributed by atoms with van der Waals surface area (Å²) in [6, 6.07) is -2.63. The molecule has 3 heterocycles. The molecule has 3 fully saturated rings. The first-order valence-corrected chi connectivity index (χ1v) is 7.93. The third-order valence-electron chi connectivity index (χ3n) is 3.61. The number of amides is 3. The van der Waals surface area contributed by atoms with Crippen molar-refractivity contribution in [3.8, 4) is 0 Å². The summed E-state index contributed by atoms with van der Waals surface area (Å²) in [6.45, 7) is 0. The Hall–Kier alpha value is -2.66. The molecule has 0 spiro atoms. The van der Waals surface area contributed by atoms with Gasteiger partial charge in [0.15, 0.2) is 0 Å². The molecule has 12 nitrogen and oxygen atoms in total. The molecule has 3 atom stereocenters. The van der Waals surface area contributed by atoms with Crippen LogP contribution in [-0.2, 0) is 45.8 Å². The zero-order chi connectivity index (χ0) is 20.6. The second-order valence-electron chi connectivity index (χ2n) is 5.69. The summed E-state index contributed by atoms with van der Waals surface area (Å²) in [4.78, 5) is 60.9. The first kappa shape index (κ1) is 25.3. The summed E-state index contributed by atoms with van der Waals surface area (Å²) < 4.78 is 0. The summed E-state index contributed by atoms with van der Waals surface area (Å²) in [6.07, 6.45) is 1.67. The van der Waals surface area contributed by atoms with E-state index in [0.29, 0.717) is 19.3 Å². The van der Waals surface area contributed by atoms with Gasteiger partial charge in [-0.15, -0.1) is 0 Å². The van der Waals surface area contributed by atoms with Crippen LogP contribution in [0.2, 0.25) is 0 Å². The van der Waals surface area contributed by atoms with Crippen LogP contribution in [0.4, 0.5) is 0 Å². The molecule has 0 aliphatic carbocycles. The number of carboxylic acid groups (broad SMARTS) is 3. The molecule has 0 N–H and O–H groups in total. The van der Waals surface area contributed by atoms with E-state index in [1.807, 2.05) is 0 Å². The second kappa shape index (κ2) is 11.9. The molecule has 0 aromatic heterocycles. The maximum absolute atomic E-state index is 10.3. The van der Waals surface area contributed by atoms with Crippen molar-refractivity contribution in [3.05, 3.63) is 16.0 Å². The normalized spacial score (nSPS) is 24.9. The summed E-state index contributed by atoms with van der Waals surface area (Å²) in [5.41, 5.74) is 0. The Kier molecular flexibility index (Phi) is 10.8.